The Morgan fingerprint density at radius 2 is 2.57 bits per heavy atom. The molecule has 14 heavy (non-hydrogen) atoms. The molecule has 2 heterocycles. The first-order chi connectivity index (χ1) is 6.74. The molecule has 1 unspecified atom stereocenters. The van der Waals surface area contributed by atoms with Gasteiger partial charge in [0.2, 0.25) is 0 Å². The summed E-state index contributed by atoms with van der Waals surface area (Å²) in [5, 5.41) is 12.5. The highest BCUT2D eigenvalue weighted by Gasteiger charge is 2.35. The summed E-state index contributed by atoms with van der Waals surface area (Å²) in [6, 6.07) is 0. The molecule has 1 aliphatic heterocycles. The Bertz CT molecular complexity index is 305. The van der Waals surface area contributed by atoms with Crippen LogP contribution in [0.3, 0.4) is 0 Å². The van der Waals surface area contributed by atoms with Crippen LogP contribution in [0.4, 0.5) is 0 Å². The number of rotatable bonds is 3. The number of nitrogens with zero attached hydrogens (tertiary/aromatic N) is 1. The van der Waals surface area contributed by atoms with Crippen LogP contribution in [0.2, 0.25) is 0 Å². The summed E-state index contributed by atoms with van der Waals surface area (Å²) in [6.07, 6.45) is 1.80. The van der Waals surface area contributed by atoms with Gasteiger partial charge in [0.1, 0.15) is 0 Å². The quantitative estimate of drug-likeness (QED) is 0.825. The minimum atomic E-state index is -0.0652. The van der Waals surface area contributed by atoms with Crippen LogP contribution in [-0.4, -0.2) is 29.9 Å². The summed E-state index contributed by atoms with van der Waals surface area (Å²) < 4.78 is 5.35. The molecule has 1 saturated heterocycles. The van der Waals surface area contributed by atoms with Gasteiger partial charge in [-0.1, -0.05) is 0 Å². The van der Waals surface area contributed by atoms with Gasteiger partial charge in [-0.3, -0.25) is 0 Å². The van der Waals surface area contributed by atoms with Gasteiger partial charge in [0.05, 0.1) is 18.2 Å². The highest BCUT2D eigenvalue weighted by atomic mass is 32.1. The fourth-order valence-corrected chi connectivity index (χ4v) is 2.72. The van der Waals surface area contributed by atoms with Gasteiger partial charge in [-0.15, -0.1) is 11.3 Å². The lowest BCUT2D eigenvalue weighted by molar-refractivity contribution is 0.0934. The molecule has 1 aliphatic rings. The first-order valence-corrected chi connectivity index (χ1v) is 5.72. The highest BCUT2D eigenvalue weighted by Crippen LogP contribution is 2.32. The van der Waals surface area contributed by atoms with E-state index in [1.54, 1.807) is 11.3 Å². The van der Waals surface area contributed by atoms with Crippen molar-refractivity contribution >= 4 is 11.3 Å². The Balaban J connectivity index is 2.08. The van der Waals surface area contributed by atoms with E-state index in [0.717, 1.165) is 30.2 Å². The van der Waals surface area contributed by atoms with Crippen molar-refractivity contribution in [2.24, 2.45) is 5.41 Å². The zero-order valence-electron chi connectivity index (χ0n) is 8.32. The fraction of sp³-hybridized carbons (Fsp3) is 0.700. The Kier molecular flexibility index (Phi) is 2.85. The van der Waals surface area contributed by atoms with E-state index in [-0.39, 0.29) is 12.0 Å². The molecule has 1 N–H and O–H groups in total. The molecule has 0 aromatic carbocycles. The molecule has 0 saturated carbocycles. The van der Waals surface area contributed by atoms with Crippen molar-refractivity contribution in [2.75, 3.05) is 19.8 Å². The smallest absolute Gasteiger partial charge is 0.0935 e. The van der Waals surface area contributed by atoms with E-state index in [2.05, 4.69) is 10.4 Å². The first kappa shape index (κ1) is 10.1. The minimum absolute atomic E-state index is 0.0652. The molecule has 2 rings (SSSR count). The molecule has 1 fully saturated rings. The van der Waals surface area contributed by atoms with Crippen molar-refractivity contribution in [1.82, 2.24) is 4.98 Å². The fourth-order valence-electron chi connectivity index (χ4n) is 1.77. The third-order valence-corrected chi connectivity index (χ3v) is 3.68. The molecule has 3 nitrogen and oxygen atoms in total. The average molecular weight is 213 g/mol. The van der Waals surface area contributed by atoms with E-state index >= 15 is 0 Å². The number of hydrogen-bond donors (Lipinski definition) is 1. The van der Waals surface area contributed by atoms with Crippen LogP contribution in [0.15, 0.2) is 5.38 Å². The minimum Gasteiger partial charge on any atom is -0.396 e. The van der Waals surface area contributed by atoms with E-state index < -0.39 is 0 Å². The van der Waals surface area contributed by atoms with Crippen molar-refractivity contribution in [3.63, 3.8) is 0 Å². The van der Waals surface area contributed by atoms with Crippen LogP contribution in [0, 0.1) is 12.3 Å². The molecule has 0 spiro atoms. The van der Waals surface area contributed by atoms with Gasteiger partial charge in [-0.2, -0.15) is 0 Å². The maximum atomic E-state index is 9.38. The van der Waals surface area contributed by atoms with Gasteiger partial charge >= 0.3 is 0 Å². The molecular weight excluding hydrogens is 198 g/mol. The van der Waals surface area contributed by atoms with E-state index in [4.69, 9.17) is 4.74 Å². The van der Waals surface area contributed by atoms with Gasteiger partial charge in [-0.25, -0.2) is 4.98 Å². The highest BCUT2D eigenvalue weighted by molar-refractivity contribution is 7.09. The van der Waals surface area contributed by atoms with E-state index in [9.17, 15) is 5.11 Å². The predicted octanol–water partition coefficient (Wildman–Crippen LogP) is 1.39. The van der Waals surface area contributed by atoms with Gasteiger partial charge in [0.15, 0.2) is 0 Å². The number of aromatic nitrogens is 1. The monoisotopic (exact) mass is 213 g/mol. The number of hydrogen-bond acceptors (Lipinski definition) is 4. The number of aliphatic hydroxyl groups excluding tert-OH is 1. The van der Waals surface area contributed by atoms with Crippen molar-refractivity contribution in [1.29, 1.82) is 0 Å². The molecule has 0 amide bonds. The number of thiazole rings is 1. The van der Waals surface area contributed by atoms with E-state index in [1.165, 1.54) is 0 Å². The third kappa shape index (κ3) is 1.97. The molecule has 1 atom stereocenters. The Morgan fingerprint density at radius 1 is 1.71 bits per heavy atom. The second kappa shape index (κ2) is 3.96. The van der Waals surface area contributed by atoms with Crippen molar-refractivity contribution in [3.8, 4) is 0 Å². The second-order valence-electron chi connectivity index (χ2n) is 4.02. The first-order valence-electron chi connectivity index (χ1n) is 4.84. The van der Waals surface area contributed by atoms with Gasteiger partial charge in [-0.05, 0) is 13.3 Å². The molecular formula is C10H15NO2S. The third-order valence-electron chi connectivity index (χ3n) is 2.71. The van der Waals surface area contributed by atoms with E-state index in [0.29, 0.717) is 6.61 Å². The maximum Gasteiger partial charge on any atom is 0.0935 e. The topological polar surface area (TPSA) is 42.4 Å². The summed E-state index contributed by atoms with van der Waals surface area (Å²) in [6.45, 7) is 3.63. The molecule has 78 valence electrons. The van der Waals surface area contributed by atoms with Crippen LogP contribution in [0.1, 0.15) is 17.1 Å². The van der Waals surface area contributed by atoms with Crippen molar-refractivity contribution in [3.05, 3.63) is 16.1 Å². The van der Waals surface area contributed by atoms with Crippen LogP contribution in [0.25, 0.3) is 0 Å². The lowest BCUT2D eigenvalue weighted by Gasteiger charge is -2.22. The van der Waals surface area contributed by atoms with Crippen LogP contribution < -0.4 is 0 Å². The molecule has 0 radical (unpaired) electrons. The zero-order valence-corrected chi connectivity index (χ0v) is 9.14. The SMILES string of the molecule is Cc1csc(CC2(CO)CCOC2)n1. The summed E-state index contributed by atoms with van der Waals surface area (Å²) in [7, 11) is 0. The number of ether oxygens (including phenoxy) is 1. The van der Waals surface area contributed by atoms with Gasteiger partial charge in [0.25, 0.3) is 0 Å². The van der Waals surface area contributed by atoms with Crippen LogP contribution >= 0.6 is 11.3 Å². The van der Waals surface area contributed by atoms with Crippen LogP contribution in [0.5, 0.6) is 0 Å². The lowest BCUT2D eigenvalue weighted by Crippen LogP contribution is -2.28. The van der Waals surface area contributed by atoms with E-state index in [1.807, 2.05) is 6.92 Å². The van der Waals surface area contributed by atoms with Gasteiger partial charge in [0, 0.05) is 29.5 Å². The molecule has 4 heteroatoms. The molecule has 0 bridgehead atoms. The number of aliphatic hydroxyl groups is 1. The summed E-state index contributed by atoms with van der Waals surface area (Å²) >= 11 is 1.67. The second-order valence-corrected chi connectivity index (χ2v) is 4.96. The van der Waals surface area contributed by atoms with Gasteiger partial charge < -0.3 is 9.84 Å². The molecule has 1 aromatic heterocycles. The molecule has 0 aliphatic carbocycles. The Labute approximate surface area is 87.7 Å². The van der Waals surface area contributed by atoms with Crippen molar-refractivity contribution < 1.29 is 9.84 Å². The lowest BCUT2D eigenvalue weighted by atomic mass is 9.85. The summed E-state index contributed by atoms with van der Waals surface area (Å²) in [5.41, 5.74) is 1.00. The maximum absolute atomic E-state index is 9.38. The molecule has 1 aromatic rings. The van der Waals surface area contributed by atoms with Crippen molar-refractivity contribution in [2.45, 2.75) is 19.8 Å². The normalized spacial score (nSPS) is 27.0. The zero-order chi connectivity index (χ0) is 10.0. The Morgan fingerprint density at radius 3 is 3.07 bits per heavy atom. The standard InChI is InChI=1S/C10H15NO2S/c1-8-5-14-9(11-8)4-10(6-12)2-3-13-7-10/h5,12H,2-4,6-7H2,1H3. The average Bonchev–Trinajstić information content (AvgIpc) is 2.77. The number of aryl methyl sites for hydroxylation is 1. The van der Waals surface area contributed by atoms with Crippen LogP contribution in [-0.2, 0) is 11.2 Å². The summed E-state index contributed by atoms with van der Waals surface area (Å²) in [5.74, 6) is 0. The largest absolute Gasteiger partial charge is 0.396 e. The summed E-state index contributed by atoms with van der Waals surface area (Å²) in [4.78, 5) is 4.42. The Hall–Kier alpha value is -0.450. The predicted molar refractivity (Wildman–Crippen MR) is 55.5 cm³/mol.